The Balaban J connectivity index is 2.08. The Hall–Kier alpha value is -2.05. The van der Waals surface area contributed by atoms with Gasteiger partial charge in [-0.05, 0) is 29.8 Å². The van der Waals surface area contributed by atoms with E-state index in [-0.39, 0.29) is 0 Å². The monoisotopic (exact) mass is 244 g/mol. The van der Waals surface area contributed by atoms with Crippen LogP contribution in [0.25, 0.3) is 0 Å². The van der Waals surface area contributed by atoms with E-state index in [4.69, 9.17) is 16.9 Å². The molecule has 2 N–H and O–H groups in total. The third-order valence-electron chi connectivity index (χ3n) is 2.36. The second-order valence-corrected chi connectivity index (χ2v) is 3.99. The molecular formula is C13H11ClN3+. The summed E-state index contributed by atoms with van der Waals surface area (Å²) in [6.07, 6.45) is 1.78. The molecule has 84 valence electrons. The number of nitrogens with one attached hydrogen (secondary N) is 2. The van der Waals surface area contributed by atoms with E-state index in [1.54, 1.807) is 18.3 Å². The number of anilines is 1. The lowest BCUT2D eigenvalue weighted by molar-refractivity contribution is -0.361. The molecule has 0 saturated carbocycles. The fourth-order valence-corrected chi connectivity index (χ4v) is 1.59. The van der Waals surface area contributed by atoms with Gasteiger partial charge in [0.2, 0.25) is 0 Å². The van der Waals surface area contributed by atoms with Crippen molar-refractivity contribution in [2.45, 2.75) is 6.54 Å². The molecule has 0 spiro atoms. The number of nitriles is 1. The molecule has 0 aliphatic carbocycles. The van der Waals surface area contributed by atoms with Crippen LogP contribution in [0.2, 0.25) is 5.02 Å². The maximum atomic E-state index is 8.92. The number of halogens is 1. The Morgan fingerprint density at radius 1 is 1.24 bits per heavy atom. The Kier molecular flexibility index (Phi) is 3.59. The quantitative estimate of drug-likeness (QED) is 0.902. The van der Waals surface area contributed by atoms with Crippen molar-refractivity contribution in [2.24, 2.45) is 0 Å². The van der Waals surface area contributed by atoms with Crippen LogP contribution in [0.3, 0.4) is 0 Å². The number of aromatic nitrogens is 1. The molecule has 1 heterocycles. The molecule has 0 bridgehead atoms. The summed E-state index contributed by atoms with van der Waals surface area (Å²) in [5.41, 5.74) is 1.71. The van der Waals surface area contributed by atoms with Crippen molar-refractivity contribution in [2.75, 3.05) is 5.32 Å². The van der Waals surface area contributed by atoms with E-state index >= 15 is 0 Å². The summed E-state index contributed by atoms with van der Waals surface area (Å²) in [7, 11) is 0. The molecule has 0 saturated heterocycles. The van der Waals surface area contributed by atoms with Crippen LogP contribution in [0, 0.1) is 11.3 Å². The molecule has 0 aliphatic rings. The number of rotatable bonds is 3. The molecule has 4 heteroatoms. The maximum Gasteiger partial charge on any atom is 0.290 e. The van der Waals surface area contributed by atoms with E-state index in [9.17, 15) is 0 Å². The van der Waals surface area contributed by atoms with Gasteiger partial charge in [-0.25, -0.2) is 4.98 Å². The van der Waals surface area contributed by atoms with Crippen molar-refractivity contribution in [3.05, 3.63) is 58.7 Å². The number of benzene rings is 1. The molecule has 0 fully saturated rings. The molecule has 3 nitrogen and oxygen atoms in total. The highest BCUT2D eigenvalue weighted by atomic mass is 35.5. The van der Waals surface area contributed by atoms with Gasteiger partial charge in [0.25, 0.3) is 5.82 Å². The number of H-pyrrole nitrogens is 1. The molecule has 1 aromatic carbocycles. The van der Waals surface area contributed by atoms with Gasteiger partial charge >= 0.3 is 0 Å². The van der Waals surface area contributed by atoms with Crippen LogP contribution < -0.4 is 10.3 Å². The minimum atomic E-state index is 0.599. The fraction of sp³-hybridized carbons (Fsp3) is 0.0769. The molecule has 1 aromatic heterocycles. The number of aromatic amines is 1. The predicted molar refractivity (Wildman–Crippen MR) is 66.5 cm³/mol. The zero-order chi connectivity index (χ0) is 12.1. The summed E-state index contributed by atoms with van der Waals surface area (Å²) in [4.78, 5) is 3.01. The fourth-order valence-electron chi connectivity index (χ4n) is 1.47. The molecule has 0 atom stereocenters. The maximum absolute atomic E-state index is 8.92. The Morgan fingerprint density at radius 3 is 2.71 bits per heavy atom. The summed E-state index contributed by atoms with van der Waals surface area (Å²) in [6, 6.07) is 13.3. The van der Waals surface area contributed by atoms with Crippen LogP contribution in [0.1, 0.15) is 11.1 Å². The van der Waals surface area contributed by atoms with Crippen molar-refractivity contribution < 1.29 is 4.98 Å². The van der Waals surface area contributed by atoms with Crippen molar-refractivity contribution in [3.63, 3.8) is 0 Å². The predicted octanol–water partition coefficient (Wildman–Crippen LogP) is 2.64. The van der Waals surface area contributed by atoms with Gasteiger partial charge in [0, 0.05) is 5.02 Å². The largest absolute Gasteiger partial charge is 0.290 e. The Labute approximate surface area is 105 Å². The Morgan fingerprint density at radius 2 is 2.00 bits per heavy atom. The molecular weight excluding hydrogens is 234 g/mol. The van der Waals surface area contributed by atoms with E-state index < -0.39 is 0 Å². The van der Waals surface area contributed by atoms with Gasteiger partial charge in [-0.15, -0.1) is 0 Å². The second-order valence-electron chi connectivity index (χ2n) is 3.55. The second kappa shape index (κ2) is 5.33. The van der Waals surface area contributed by atoms with Crippen LogP contribution in [0.4, 0.5) is 5.82 Å². The Bertz CT molecular complexity index is 543. The molecule has 17 heavy (non-hydrogen) atoms. The van der Waals surface area contributed by atoms with Crippen LogP contribution in [-0.2, 0) is 6.54 Å². The summed E-state index contributed by atoms with van der Waals surface area (Å²) >= 11 is 5.81. The van der Waals surface area contributed by atoms with E-state index in [1.807, 2.05) is 24.3 Å². The van der Waals surface area contributed by atoms with E-state index in [1.165, 1.54) is 0 Å². The van der Waals surface area contributed by atoms with Crippen molar-refractivity contribution in [1.29, 1.82) is 5.26 Å². The first kappa shape index (κ1) is 11.4. The van der Waals surface area contributed by atoms with E-state index in [0.717, 1.165) is 16.4 Å². The smallest absolute Gasteiger partial charge is 0.269 e. The van der Waals surface area contributed by atoms with Gasteiger partial charge in [-0.2, -0.15) is 5.26 Å². The average Bonchev–Trinajstić information content (AvgIpc) is 2.38. The first-order valence-electron chi connectivity index (χ1n) is 5.19. The van der Waals surface area contributed by atoms with Crippen molar-refractivity contribution in [3.8, 4) is 6.07 Å². The molecule has 0 amide bonds. The standard InChI is InChI=1S/C13H10ClN3/c14-12-5-3-10(4-6-12)9-17-13-11(8-15)2-1-7-16-13/h1-7H,9H2,(H,16,17)/p+1. The first-order valence-corrected chi connectivity index (χ1v) is 5.56. The first-order chi connectivity index (χ1) is 8.29. The zero-order valence-corrected chi connectivity index (χ0v) is 9.83. The third-order valence-corrected chi connectivity index (χ3v) is 2.61. The van der Waals surface area contributed by atoms with Gasteiger partial charge in [0.15, 0.2) is 0 Å². The molecule has 0 unspecified atom stereocenters. The zero-order valence-electron chi connectivity index (χ0n) is 9.07. The lowest BCUT2D eigenvalue weighted by Gasteiger charge is -2.01. The summed E-state index contributed by atoms with van der Waals surface area (Å²) in [5, 5.41) is 12.8. The SMILES string of the molecule is N#Cc1ccc[nH+]c1NCc1ccc(Cl)cc1. The highest BCUT2D eigenvalue weighted by Crippen LogP contribution is 2.12. The highest BCUT2D eigenvalue weighted by Gasteiger charge is 2.07. The number of pyridine rings is 1. The van der Waals surface area contributed by atoms with Gasteiger partial charge in [0.05, 0.1) is 6.20 Å². The lowest BCUT2D eigenvalue weighted by Crippen LogP contribution is -2.14. The minimum Gasteiger partial charge on any atom is -0.269 e. The average molecular weight is 245 g/mol. The number of nitrogens with zero attached hydrogens (tertiary/aromatic N) is 1. The molecule has 2 rings (SSSR count). The lowest BCUT2D eigenvalue weighted by atomic mass is 10.2. The van der Waals surface area contributed by atoms with Gasteiger partial charge in [0.1, 0.15) is 18.2 Å². The normalized spacial score (nSPS) is 9.65. The van der Waals surface area contributed by atoms with Crippen LogP contribution in [0.15, 0.2) is 42.6 Å². The molecule has 2 aromatic rings. The minimum absolute atomic E-state index is 0.599. The highest BCUT2D eigenvalue weighted by molar-refractivity contribution is 6.30. The summed E-state index contributed by atoms with van der Waals surface area (Å²) in [5.74, 6) is 0.727. The number of hydrogen-bond acceptors (Lipinski definition) is 2. The number of hydrogen-bond donors (Lipinski definition) is 1. The molecule has 0 aliphatic heterocycles. The topological polar surface area (TPSA) is 50.0 Å². The van der Waals surface area contributed by atoms with Gasteiger partial charge < -0.3 is 0 Å². The van der Waals surface area contributed by atoms with E-state index in [2.05, 4.69) is 16.4 Å². The summed E-state index contributed by atoms with van der Waals surface area (Å²) in [6.45, 7) is 0.645. The van der Waals surface area contributed by atoms with Crippen molar-refractivity contribution >= 4 is 17.4 Å². The van der Waals surface area contributed by atoms with Gasteiger partial charge in [-0.1, -0.05) is 23.7 Å². The van der Waals surface area contributed by atoms with Crippen LogP contribution in [-0.4, -0.2) is 0 Å². The van der Waals surface area contributed by atoms with Gasteiger partial charge in [-0.3, -0.25) is 5.32 Å². The third kappa shape index (κ3) is 2.96. The van der Waals surface area contributed by atoms with Crippen LogP contribution in [0.5, 0.6) is 0 Å². The van der Waals surface area contributed by atoms with Crippen molar-refractivity contribution in [1.82, 2.24) is 0 Å². The van der Waals surface area contributed by atoms with E-state index in [0.29, 0.717) is 12.1 Å². The molecule has 0 radical (unpaired) electrons. The summed E-state index contributed by atoms with van der Waals surface area (Å²) < 4.78 is 0. The van der Waals surface area contributed by atoms with Crippen LogP contribution >= 0.6 is 11.6 Å².